The monoisotopic (exact) mass is 288 g/mol. The second kappa shape index (κ2) is 4.98. The van der Waals surface area contributed by atoms with Crippen LogP contribution >= 0.6 is 15.9 Å². The molecule has 0 atom stereocenters. The number of ether oxygens (including phenoxy) is 2. The molecule has 0 aliphatic carbocycles. The van der Waals surface area contributed by atoms with Gasteiger partial charge in [0, 0.05) is 0 Å². The first-order valence-corrected chi connectivity index (χ1v) is 5.00. The van der Waals surface area contributed by atoms with Gasteiger partial charge in [-0.15, -0.1) is 0 Å². The van der Waals surface area contributed by atoms with Crippen LogP contribution in [0.15, 0.2) is 16.6 Å². The Morgan fingerprint density at radius 2 is 1.94 bits per heavy atom. The minimum atomic E-state index is -1.19. The molecular formula is C10H9BrO5. The predicted molar refractivity (Wildman–Crippen MR) is 59.0 cm³/mol. The van der Waals surface area contributed by atoms with Gasteiger partial charge in [-0.3, -0.25) is 0 Å². The number of methoxy groups -OCH3 is 2. The van der Waals surface area contributed by atoms with Gasteiger partial charge >= 0.3 is 11.9 Å². The molecule has 0 spiro atoms. The molecular weight excluding hydrogens is 280 g/mol. The minimum Gasteiger partial charge on any atom is -0.496 e. The van der Waals surface area contributed by atoms with E-state index in [4.69, 9.17) is 9.84 Å². The van der Waals surface area contributed by atoms with Crippen molar-refractivity contribution in [3.05, 3.63) is 27.7 Å². The fourth-order valence-electron chi connectivity index (χ4n) is 1.20. The van der Waals surface area contributed by atoms with Crippen molar-refractivity contribution < 1.29 is 24.2 Å². The Hall–Kier alpha value is -1.56. The molecule has 1 N–H and O–H groups in total. The highest BCUT2D eigenvalue weighted by Crippen LogP contribution is 2.30. The van der Waals surface area contributed by atoms with E-state index in [2.05, 4.69) is 20.7 Å². The number of rotatable bonds is 3. The van der Waals surface area contributed by atoms with Crippen LogP contribution in [0.3, 0.4) is 0 Å². The van der Waals surface area contributed by atoms with Gasteiger partial charge in [-0.1, -0.05) is 0 Å². The number of benzene rings is 1. The van der Waals surface area contributed by atoms with Gasteiger partial charge in [0.25, 0.3) is 0 Å². The average Bonchev–Trinajstić information content (AvgIpc) is 2.26. The number of carboxylic acid groups (broad SMARTS) is 1. The van der Waals surface area contributed by atoms with Gasteiger partial charge in [-0.25, -0.2) is 9.59 Å². The second-order valence-electron chi connectivity index (χ2n) is 2.80. The maximum Gasteiger partial charge on any atom is 0.340 e. The van der Waals surface area contributed by atoms with E-state index in [1.807, 2.05) is 0 Å². The maximum absolute atomic E-state index is 11.3. The van der Waals surface area contributed by atoms with E-state index >= 15 is 0 Å². The summed E-state index contributed by atoms with van der Waals surface area (Å²) in [4.78, 5) is 22.3. The van der Waals surface area contributed by atoms with Crippen LogP contribution in [-0.2, 0) is 4.74 Å². The molecule has 86 valence electrons. The molecule has 0 unspecified atom stereocenters. The van der Waals surface area contributed by atoms with Gasteiger partial charge in [-0.2, -0.15) is 0 Å². The summed E-state index contributed by atoms with van der Waals surface area (Å²) in [6.45, 7) is 0. The van der Waals surface area contributed by atoms with Gasteiger partial charge in [0.05, 0.1) is 24.3 Å². The fraction of sp³-hybridized carbons (Fsp3) is 0.200. The summed E-state index contributed by atoms with van der Waals surface area (Å²) in [6.07, 6.45) is 0. The summed E-state index contributed by atoms with van der Waals surface area (Å²) >= 11 is 3.05. The third kappa shape index (κ3) is 2.16. The summed E-state index contributed by atoms with van der Waals surface area (Å²) in [5.74, 6) is -1.63. The van der Waals surface area contributed by atoms with Crippen molar-refractivity contribution in [2.24, 2.45) is 0 Å². The normalized spacial score (nSPS) is 9.69. The molecule has 0 aliphatic rings. The molecule has 0 fully saturated rings. The molecule has 5 nitrogen and oxygen atoms in total. The van der Waals surface area contributed by atoms with Crippen molar-refractivity contribution in [1.82, 2.24) is 0 Å². The van der Waals surface area contributed by atoms with Crippen molar-refractivity contribution in [2.45, 2.75) is 0 Å². The van der Waals surface area contributed by atoms with Crippen LogP contribution in [0.1, 0.15) is 20.7 Å². The molecule has 16 heavy (non-hydrogen) atoms. The van der Waals surface area contributed by atoms with Crippen LogP contribution in [-0.4, -0.2) is 31.3 Å². The fourth-order valence-corrected chi connectivity index (χ4v) is 1.85. The average molecular weight is 289 g/mol. The minimum absolute atomic E-state index is 0.106. The Morgan fingerprint density at radius 1 is 1.31 bits per heavy atom. The summed E-state index contributed by atoms with van der Waals surface area (Å²) in [5, 5.41) is 8.99. The highest BCUT2D eigenvalue weighted by Gasteiger charge is 2.21. The molecule has 0 aliphatic heterocycles. The number of hydrogen-bond acceptors (Lipinski definition) is 4. The molecule has 0 amide bonds. The number of halogens is 1. The Kier molecular flexibility index (Phi) is 3.89. The molecule has 6 heteroatoms. The SMILES string of the molecule is COC(=O)c1ccc(OC)c(C(=O)O)c1Br. The molecule has 1 aromatic rings. The first-order valence-electron chi connectivity index (χ1n) is 4.21. The third-order valence-corrected chi connectivity index (χ3v) is 2.77. The lowest BCUT2D eigenvalue weighted by Crippen LogP contribution is -2.08. The van der Waals surface area contributed by atoms with Crippen molar-refractivity contribution in [3.63, 3.8) is 0 Å². The molecule has 1 rings (SSSR count). The second-order valence-corrected chi connectivity index (χ2v) is 3.59. The highest BCUT2D eigenvalue weighted by molar-refractivity contribution is 9.10. The number of carboxylic acids is 1. The number of carbonyl (C=O) groups is 2. The molecule has 0 saturated heterocycles. The molecule has 1 aromatic carbocycles. The van der Waals surface area contributed by atoms with Crippen LogP contribution in [0.25, 0.3) is 0 Å². The lowest BCUT2D eigenvalue weighted by molar-refractivity contribution is 0.0599. The van der Waals surface area contributed by atoms with Gasteiger partial charge in [0.15, 0.2) is 0 Å². The van der Waals surface area contributed by atoms with E-state index in [1.54, 1.807) is 0 Å². The van der Waals surface area contributed by atoms with E-state index < -0.39 is 11.9 Å². The Balaban J connectivity index is 3.43. The van der Waals surface area contributed by atoms with Crippen LogP contribution in [0.5, 0.6) is 5.75 Å². The van der Waals surface area contributed by atoms with Gasteiger partial charge < -0.3 is 14.6 Å². The highest BCUT2D eigenvalue weighted by atomic mass is 79.9. The van der Waals surface area contributed by atoms with Crippen LogP contribution in [0, 0.1) is 0 Å². The molecule has 0 saturated carbocycles. The molecule has 0 radical (unpaired) electrons. The Bertz CT molecular complexity index is 441. The van der Waals surface area contributed by atoms with Crippen molar-refractivity contribution >= 4 is 27.9 Å². The van der Waals surface area contributed by atoms with Crippen LogP contribution in [0.4, 0.5) is 0 Å². The third-order valence-electron chi connectivity index (χ3n) is 1.94. The van der Waals surface area contributed by atoms with Gasteiger partial charge in [-0.05, 0) is 28.1 Å². The Labute approximate surface area is 100 Å². The summed E-state index contributed by atoms with van der Waals surface area (Å²) in [6, 6.07) is 2.83. The van der Waals surface area contributed by atoms with E-state index in [0.29, 0.717) is 0 Å². The number of aromatic carboxylic acids is 1. The van der Waals surface area contributed by atoms with E-state index in [1.165, 1.54) is 26.4 Å². The number of hydrogen-bond donors (Lipinski definition) is 1. The Morgan fingerprint density at radius 3 is 2.38 bits per heavy atom. The zero-order valence-electron chi connectivity index (χ0n) is 8.61. The molecule has 0 heterocycles. The van der Waals surface area contributed by atoms with Crippen LogP contribution < -0.4 is 4.74 Å². The summed E-state index contributed by atoms with van der Waals surface area (Å²) in [5.41, 5.74) is 0.0334. The number of carbonyl (C=O) groups excluding carboxylic acids is 1. The van der Waals surface area contributed by atoms with Crippen molar-refractivity contribution in [2.75, 3.05) is 14.2 Å². The zero-order valence-corrected chi connectivity index (χ0v) is 10.2. The summed E-state index contributed by atoms with van der Waals surface area (Å²) < 4.78 is 9.56. The molecule has 0 bridgehead atoms. The summed E-state index contributed by atoms with van der Waals surface area (Å²) in [7, 11) is 2.57. The first kappa shape index (κ1) is 12.5. The topological polar surface area (TPSA) is 72.8 Å². The lowest BCUT2D eigenvalue weighted by Gasteiger charge is -2.09. The van der Waals surface area contributed by atoms with Crippen molar-refractivity contribution in [3.8, 4) is 5.75 Å². The zero-order chi connectivity index (χ0) is 12.3. The number of esters is 1. The smallest absolute Gasteiger partial charge is 0.340 e. The van der Waals surface area contributed by atoms with Gasteiger partial charge in [0.1, 0.15) is 11.3 Å². The van der Waals surface area contributed by atoms with E-state index in [-0.39, 0.29) is 21.3 Å². The maximum atomic E-state index is 11.3. The van der Waals surface area contributed by atoms with Crippen LogP contribution in [0.2, 0.25) is 0 Å². The van der Waals surface area contributed by atoms with Gasteiger partial charge in [0.2, 0.25) is 0 Å². The standard InChI is InChI=1S/C10H9BrO5/c1-15-6-4-3-5(10(14)16-2)8(11)7(6)9(12)13/h3-4H,1-2H3,(H,12,13). The largest absolute Gasteiger partial charge is 0.496 e. The quantitative estimate of drug-likeness (QED) is 0.861. The lowest BCUT2D eigenvalue weighted by atomic mass is 10.1. The van der Waals surface area contributed by atoms with Crippen molar-refractivity contribution in [1.29, 1.82) is 0 Å². The predicted octanol–water partition coefficient (Wildman–Crippen LogP) is 1.94. The molecule has 0 aromatic heterocycles. The van der Waals surface area contributed by atoms with E-state index in [9.17, 15) is 9.59 Å². The van der Waals surface area contributed by atoms with E-state index in [0.717, 1.165) is 0 Å². The first-order chi connectivity index (χ1) is 7.52.